The Kier molecular flexibility index (Phi) is 4.62. The molecule has 2 rings (SSSR count). The number of hydrogen-bond donors (Lipinski definition) is 0. The predicted octanol–water partition coefficient (Wildman–Crippen LogP) is 5.10. The summed E-state index contributed by atoms with van der Waals surface area (Å²) in [5, 5.41) is -0.908. The van der Waals surface area contributed by atoms with Gasteiger partial charge in [0.05, 0.1) is 10.8 Å². The van der Waals surface area contributed by atoms with Crippen LogP contribution in [0.3, 0.4) is 0 Å². The second-order valence-corrected chi connectivity index (χ2v) is 7.94. The molecule has 2 fully saturated rings. The Morgan fingerprint density at radius 3 is 1.94 bits per heavy atom. The first-order chi connectivity index (χ1) is 7.90. The van der Waals surface area contributed by atoms with E-state index in [9.17, 15) is 0 Å². The minimum absolute atomic E-state index is 0.0594. The molecular formula is C10H11Cl7. The molecule has 0 aromatic carbocycles. The van der Waals surface area contributed by atoms with Gasteiger partial charge in [-0.1, -0.05) is 0 Å². The maximum atomic E-state index is 6.45. The highest BCUT2D eigenvalue weighted by molar-refractivity contribution is 6.47. The molecule has 2 aliphatic carbocycles. The van der Waals surface area contributed by atoms with Gasteiger partial charge in [0.15, 0.2) is 0 Å². The number of fused-ring (bicyclic) bond motifs is 2. The molecule has 2 unspecified atom stereocenters. The average molecular weight is 379 g/mol. The fraction of sp³-hybridized carbons (Fsp3) is 1.00. The van der Waals surface area contributed by atoms with Gasteiger partial charge in [-0.3, -0.25) is 0 Å². The van der Waals surface area contributed by atoms with Crippen LogP contribution in [0.5, 0.6) is 0 Å². The Morgan fingerprint density at radius 2 is 1.59 bits per heavy atom. The molecule has 0 spiro atoms. The minimum atomic E-state index is -0.737. The monoisotopic (exact) mass is 376 g/mol. The highest BCUT2D eigenvalue weighted by Crippen LogP contribution is 2.73. The van der Waals surface area contributed by atoms with Gasteiger partial charge in [0.2, 0.25) is 0 Å². The first-order valence-corrected chi connectivity index (χ1v) is 8.47. The van der Waals surface area contributed by atoms with Gasteiger partial charge in [-0.2, -0.15) is 0 Å². The molecule has 2 bridgehead atoms. The molecule has 0 heterocycles. The van der Waals surface area contributed by atoms with Crippen LogP contribution in [0.25, 0.3) is 0 Å². The Labute approximate surface area is 136 Å². The van der Waals surface area contributed by atoms with Crippen molar-refractivity contribution < 1.29 is 0 Å². The molecule has 7 heteroatoms. The summed E-state index contributed by atoms with van der Waals surface area (Å²) in [5.74, 6) is 0.684. The van der Waals surface area contributed by atoms with Gasteiger partial charge in [0, 0.05) is 28.0 Å². The summed E-state index contributed by atoms with van der Waals surface area (Å²) in [6.07, 6.45) is 0.703. The van der Waals surface area contributed by atoms with E-state index >= 15 is 0 Å². The lowest BCUT2D eigenvalue weighted by Crippen LogP contribution is -2.52. The first kappa shape index (κ1) is 15.4. The fourth-order valence-corrected chi connectivity index (χ4v) is 7.94. The second-order valence-electron chi connectivity index (χ2n) is 4.81. The molecular weight excluding hydrogens is 368 g/mol. The largest absolute Gasteiger partial charge is 0.126 e. The zero-order chi connectivity index (χ0) is 13.0. The van der Waals surface area contributed by atoms with Crippen molar-refractivity contribution in [3.63, 3.8) is 0 Å². The molecule has 0 N–H and O–H groups in total. The van der Waals surface area contributed by atoms with E-state index < -0.39 is 21.0 Å². The average Bonchev–Trinajstić information content (AvgIpc) is 2.65. The van der Waals surface area contributed by atoms with E-state index in [0.717, 1.165) is 0 Å². The normalized spacial score (nSPS) is 48.0. The highest BCUT2D eigenvalue weighted by Gasteiger charge is 2.77. The Morgan fingerprint density at radius 1 is 1.06 bits per heavy atom. The van der Waals surface area contributed by atoms with E-state index in [1.54, 1.807) is 0 Å². The molecule has 0 saturated heterocycles. The van der Waals surface area contributed by atoms with Crippen LogP contribution in [0.1, 0.15) is 6.42 Å². The number of alkyl halides is 7. The SMILES string of the molecule is ClCC1(CCl)C2C[C@H](Cl)C1(C(Cl)Cl)[C@@H](Cl)[C@@H]2Cl. The summed E-state index contributed by atoms with van der Waals surface area (Å²) in [4.78, 5) is -0.737. The van der Waals surface area contributed by atoms with Gasteiger partial charge >= 0.3 is 0 Å². The molecule has 0 aromatic rings. The third kappa shape index (κ3) is 1.65. The molecule has 0 nitrogen and oxygen atoms in total. The summed E-state index contributed by atoms with van der Waals surface area (Å²) in [6, 6.07) is 0. The number of hydrogen-bond acceptors (Lipinski definition) is 0. The van der Waals surface area contributed by atoms with Gasteiger partial charge in [-0.05, 0) is 12.3 Å². The summed E-state index contributed by atoms with van der Waals surface area (Å²) < 4.78 is 0. The van der Waals surface area contributed by atoms with Crippen LogP contribution < -0.4 is 0 Å². The Balaban J connectivity index is 2.60. The van der Waals surface area contributed by atoms with Gasteiger partial charge in [0.25, 0.3) is 0 Å². The number of rotatable bonds is 3. The Bertz CT molecular complexity index is 303. The van der Waals surface area contributed by atoms with Crippen LogP contribution in [-0.2, 0) is 0 Å². The van der Waals surface area contributed by atoms with Crippen molar-refractivity contribution in [2.75, 3.05) is 11.8 Å². The van der Waals surface area contributed by atoms with Crippen molar-refractivity contribution in [3.8, 4) is 0 Å². The fourth-order valence-electron chi connectivity index (χ4n) is 3.57. The molecule has 0 radical (unpaired) electrons. The van der Waals surface area contributed by atoms with E-state index in [4.69, 9.17) is 81.2 Å². The Hall–Kier alpha value is 2.03. The van der Waals surface area contributed by atoms with Crippen LogP contribution in [0.4, 0.5) is 0 Å². The predicted molar refractivity (Wildman–Crippen MR) is 78.8 cm³/mol. The van der Waals surface area contributed by atoms with Crippen molar-refractivity contribution in [2.45, 2.75) is 27.4 Å². The van der Waals surface area contributed by atoms with Gasteiger partial charge in [-0.15, -0.1) is 81.2 Å². The summed E-state index contributed by atoms with van der Waals surface area (Å²) in [5.41, 5.74) is -1.21. The van der Waals surface area contributed by atoms with Crippen LogP contribution in [0.15, 0.2) is 0 Å². The molecule has 2 saturated carbocycles. The highest BCUT2D eigenvalue weighted by atomic mass is 35.5. The van der Waals surface area contributed by atoms with Crippen LogP contribution >= 0.6 is 81.2 Å². The summed E-state index contributed by atoms with van der Waals surface area (Å²) in [7, 11) is 0. The standard InChI is InChI=1S/C10H11Cl7/c11-2-9(3-12)4-1-5(13)10(9,8(16)17)7(15)6(4)14/h4-8H,1-3H2/t4?,5-,6+,7-,10?/m0/s1. The van der Waals surface area contributed by atoms with E-state index in [0.29, 0.717) is 18.2 Å². The van der Waals surface area contributed by atoms with E-state index in [2.05, 4.69) is 0 Å². The van der Waals surface area contributed by atoms with Crippen molar-refractivity contribution in [2.24, 2.45) is 16.7 Å². The van der Waals surface area contributed by atoms with Crippen LogP contribution in [-0.4, -0.2) is 32.7 Å². The minimum Gasteiger partial charge on any atom is -0.126 e. The van der Waals surface area contributed by atoms with Crippen molar-refractivity contribution in [1.82, 2.24) is 0 Å². The third-order valence-electron chi connectivity index (χ3n) is 4.51. The molecule has 17 heavy (non-hydrogen) atoms. The van der Waals surface area contributed by atoms with Gasteiger partial charge in [0.1, 0.15) is 4.84 Å². The zero-order valence-corrected chi connectivity index (χ0v) is 13.9. The zero-order valence-electron chi connectivity index (χ0n) is 8.65. The van der Waals surface area contributed by atoms with E-state index in [-0.39, 0.29) is 16.7 Å². The first-order valence-electron chi connectivity index (χ1n) is 5.22. The van der Waals surface area contributed by atoms with Crippen LogP contribution in [0, 0.1) is 16.7 Å². The lowest BCUT2D eigenvalue weighted by atomic mass is 9.70. The smallest absolute Gasteiger partial charge is 0.116 e. The second kappa shape index (κ2) is 5.10. The lowest BCUT2D eigenvalue weighted by Gasteiger charge is -2.45. The maximum Gasteiger partial charge on any atom is 0.116 e. The number of halogens is 7. The molecule has 0 aromatic heterocycles. The summed E-state index contributed by atoms with van der Waals surface area (Å²) in [6.45, 7) is 0. The van der Waals surface area contributed by atoms with Crippen molar-refractivity contribution >= 4 is 81.2 Å². The van der Waals surface area contributed by atoms with Crippen LogP contribution in [0.2, 0.25) is 0 Å². The topological polar surface area (TPSA) is 0 Å². The molecule has 2 aliphatic rings. The summed E-state index contributed by atoms with van der Waals surface area (Å²) >= 11 is 43.9. The van der Waals surface area contributed by atoms with Crippen molar-refractivity contribution in [1.29, 1.82) is 0 Å². The molecule has 0 aliphatic heterocycles. The van der Waals surface area contributed by atoms with E-state index in [1.165, 1.54) is 0 Å². The molecule has 100 valence electrons. The quantitative estimate of drug-likeness (QED) is 0.599. The lowest BCUT2D eigenvalue weighted by molar-refractivity contribution is 0.159. The van der Waals surface area contributed by atoms with Gasteiger partial charge in [-0.25, -0.2) is 0 Å². The molecule has 5 atom stereocenters. The molecule has 0 amide bonds. The van der Waals surface area contributed by atoms with E-state index in [1.807, 2.05) is 0 Å². The maximum absolute atomic E-state index is 6.45. The van der Waals surface area contributed by atoms with Crippen molar-refractivity contribution in [3.05, 3.63) is 0 Å². The van der Waals surface area contributed by atoms with Gasteiger partial charge < -0.3 is 0 Å². The third-order valence-corrected chi connectivity index (χ3v) is 8.04.